The summed E-state index contributed by atoms with van der Waals surface area (Å²) < 4.78 is 11.8. The second-order valence-corrected chi connectivity index (χ2v) is 7.65. The molecule has 4 heteroatoms. The summed E-state index contributed by atoms with van der Waals surface area (Å²) in [5.74, 6) is 4.16. The van der Waals surface area contributed by atoms with E-state index in [-0.39, 0.29) is 5.60 Å². The number of ether oxygens (including phenoxy) is 1. The highest BCUT2D eigenvalue weighted by Crippen LogP contribution is 2.43. The Bertz CT molecular complexity index is 448. The molecule has 118 valence electrons. The summed E-state index contributed by atoms with van der Waals surface area (Å²) in [5.41, 5.74) is 1.46. The van der Waals surface area contributed by atoms with Crippen LogP contribution < -0.4 is 5.32 Å². The number of nitrogens with one attached hydrogen (secondary N) is 1. The second kappa shape index (κ2) is 6.76. The van der Waals surface area contributed by atoms with Crippen molar-refractivity contribution in [3.63, 3.8) is 0 Å². The smallest absolute Gasteiger partial charge is 0.101 e. The Balaban J connectivity index is 1.75. The van der Waals surface area contributed by atoms with Crippen molar-refractivity contribution in [2.24, 2.45) is 5.92 Å². The maximum Gasteiger partial charge on any atom is 0.101 e. The normalized spacial score (nSPS) is 26.9. The van der Waals surface area contributed by atoms with Gasteiger partial charge in [-0.3, -0.25) is 0 Å². The molecule has 0 aromatic carbocycles. The minimum Gasteiger partial charge on any atom is -0.469 e. The molecule has 0 amide bonds. The van der Waals surface area contributed by atoms with E-state index in [1.54, 1.807) is 0 Å². The molecule has 2 saturated heterocycles. The molecule has 3 heterocycles. The number of thioether (sulfide) groups is 1. The zero-order valence-corrected chi connectivity index (χ0v) is 14.0. The predicted molar refractivity (Wildman–Crippen MR) is 87.8 cm³/mol. The van der Waals surface area contributed by atoms with Gasteiger partial charge in [-0.15, -0.1) is 0 Å². The standard InChI is InChI=1S/C17H27NO2S/c1-3-18-16(15-10-13(2)19-12-15)14-4-7-20-17(11-14)5-8-21-9-6-17/h10,12,14,16,18H,3-9,11H2,1-2H3. The van der Waals surface area contributed by atoms with Gasteiger partial charge in [0.2, 0.25) is 0 Å². The molecule has 3 rings (SSSR count). The molecule has 2 fully saturated rings. The average Bonchev–Trinajstić information content (AvgIpc) is 2.92. The van der Waals surface area contributed by atoms with E-state index in [2.05, 4.69) is 30.1 Å². The third-order valence-electron chi connectivity index (χ3n) is 4.94. The SMILES string of the molecule is CCNC(c1coc(C)c1)C1CCOC2(CCSCC2)C1. The van der Waals surface area contributed by atoms with Gasteiger partial charge in [0.05, 0.1) is 11.9 Å². The van der Waals surface area contributed by atoms with Crippen molar-refractivity contribution in [1.82, 2.24) is 5.32 Å². The van der Waals surface area contributed by atoms with Crippen LogP contribution in [0.15, 0.2) is 16.7 Å². The van der Waals surface area contributed by atoms with Crippen LogP contribution in [0.2, 0.25) is 0 Å². The summed E-state index contributed by atoms with van der Waals surface area (Å²) >= 11 is 2.07. The second-order valence-electron chi connectivity index (χ2n) is 6.42. The van der Waals surface area contributed by atoms with Crippen molar-refractivity contribution >= 4 is 11.8 Å². The van der Waals surface area contributed by atoms with Gasteiger partial charge in [0.25, 0.3) is 0 Å². The molecule has 0 saturated carbocycles. The average molecular weight is 309 g/mol. The Kier molecular flexibility index (Phi) is 4.97. The lowest BCUT2D eigenvalue weighted by Crippen LogP contribution is -2.45. The monoisotopic (exact) mass is 309 g/mol. The largest absolute Gasteiger partial charge is 0.469 e. The van der Waals surface area contributed by atoms with Crippen LogP contribution in [0.5, 0.6) is 0 Å². The van der Waals surface area contributed by atoms with Crippen LogP contribution in [0.4, 0.5) is 0 Å². The van der Waals surface area contributed by atoms with Gasteiger partial charge < -0.3 is 14.5 Å². The van der Waals surface area contributed by atoms with E-state index in [4.69, 9.17) is 9.15 Å². The molecule has 1 spiro atoms. The zero-order chi connectivity index (χ0) is 14.7. The van der Waals surface area contributed by atoms with Crippen LogP contribution in [-0.2, 0) is 4.74 Å². The Morgan fingerprint density at radius 2 is 2.24 bits per heavy atom. The minimum absolute atomic E-state index is 0.153. The number of hydrogen-bond acceptors (Lipinski definition) is 4. The van der Waals surface area contributed by atoms with E-state index < -0.39 is 0 Å². The zero-order valence-electron chi connectivity index (χ0n) is 13.2. The van der Waals surface area contributed by atoms with E-state index in [0.717, 1.165) is 25.3 Å². The van der Waals surface area contributed by atoms with Crippen LogP contribution in [0.25, 0.3) is 0 Å². The molecule has 1 N–H and O–H groups in total. The van der Waals surface area contributed by atoms with Gasteiger partial charge >= 0.3 is 0 Å². The molecule has 3 nitrogen and oxygen atoms in total. The highest BCUT2D eigenvalue weighted by Gasteiger charge is 2.41. The Morgan fingerprint density at radius 3 is 2.90 bits per heavy atom. The molecule has 0 aliphatic carbocycles. The van der Waals surface area contributed by atoms with Crippen LogP contribution in [0.3, 0.4) is 0 Å². The van der Waals surface area contributed by atoms with Crippen molar-refractivity contribution in [1.29, 1.82) is 0 Å². The predicted octanol–water partition coefficient (Wildman–Crippen LogP) is 3.93. The third-order valence-corrected chi connectivity index (χ3v) is 5.93. The minimum atomic E-state index is 0.153. The molecular weight excluding hydrogens is 282 g/mol. The van der Waals surface area contributed by atoms with Gasteiger partial charge in [-0.25, -0.2) is 0 Å². The van der Waals surface area contributed by atoms with E-state index in [0.29, 0.717) is 12.0 Å². The number of hydrogen-bond donors (Lipinski definition) is 1. The fourth-order valence-electron chi connectivity index (χ4n) is 3.85. The maximum absolute atomic E-state index is 6.24. The van der Waals surface area contributed by atoms with Crippen molar-refractivity contribution in [3.05, 3.63) is 23.7 Å². The molecule has 2 atom stereocenters. The number of aryl methyl sites for hydroxylation is 1. The first kappa shape index (κ1) is 15.4. The molecule has 1 aromatic rings. The number of rotatable bonds is 4. The van der Waals surface area contributed by atoms with Crippen molar-refractivity contribution in [2.75, 3.05) is 24.7 Å². The molecule has 2 aliphatic rings. The van der Waals surface area contributed by atoms with Gasteiger partial charge in [0.15, 0.2) is 0 Å². The summed E-state index contributed by atoms with van der Waals surface area (Å²) in [5, 5.41) is 3.68. The fourth-order valence-corrected chi connectivity index (χ4v) is 5.08. The van der Waals surface area contributed by atoms with Crippen molar-refractivity contribution in [3.8, 4) is 0 Å². The highest BCUT2D eigenvalue weighted by atomic mass is 32.2. The fraction of sp³-hybridized carbons (Fsp3) is 0.765. The number of furan rings is 1. The first-order valence-corrected chi connectivity index (χ1v) is 9.38. The lowest BCUT2D eigenvalue weighted by atomic mass is 9.77. The van der Waals surface area contributed by atoms with Crippen LogP contribution in [-0.4, -0.2) is 30.3 Å². The summed E-state index contributed by atoms with van der Waals surface area (Å²) in [4.78, 5) is 0. The van der Waals surface area contributed by atoms with Crippen LogP contribution in [0, 0.1) is 12.8 Å². The van der Waals surface area contributed by atoms with Crippen molar-refractivity contribution in [2.45, 2.75) is 51.2 Å². The summed E-state index contributed by atoms with van der Waals surface area (Å²) in [7, 11) is 0. The van der Waals surface area contributed by atoms with Crippen LogP contribution >= 0.6 is 11.8 Å². The lowest BCUT2D eigenvalue weighted by molar-refractivity contribution is -0.107. The third kappa shape index (κ3) is 3.49. The Hall–Kier alpha value is -0.450. The quantitative estimate of drug-likeness (QED) is 0.914. The maximum atomic E-state index is 6.24. The van der Waals surface area contributed by atoms with Gasteiger partial charge in [-0.2, -0.15) is 11.8 Å². The molecule has 0 bridgehead atoms. The first-order valence-electron chi connectivity index (χ1n) is 8.22. The van der Waals surface area contributed by atoms with E-state index in [9.17, 15) is 0 Å². The molecule has 0 radical (unpaired) electrons. The van der Waals surface area contributed by atoms with Crippen LogP contribution in [0.1, 0.15) is 50.0 Å². The van der Waals surface area contributed by atoms with Gasteiger partial charge in [-0.05, 0) is 62.6 Å². The van der Waals surface area contributed by atoms with Gasteiger partial charge in [0, 0.05) is 18.2 Å². The molecule has 21 heavy (non-hydrogen) atoms. The Labute approximate surface area is 132 Å². The summed E-state index contributed by atoms with van der Waals surface area (Å²) in [6.45, 7) is 6.12. The Morgan fingerprint density at radius 1 is 1.43 bits per heavy atom. The topological polar surface area (TPSA) is 34.4 Å². The first-order chi connectivity index (χ1) is 10.2. The summed E-state index contributed by atoms with van der Waals surface area (Å²) in [6, 6.07) is 2.59. The highest BCUT2D eigenvalue weighted by molar-refractivity contribution is 7.99. The van der Waals surface area contributed by atoms with Crippen molar-refractivity contribution < 1.29 is 9.15 Å². The van der Waals surface area contributed by atoms with Gasteiger partial charge in [-0.1, -0.05) is 6.92 Å². The molecular formula is C17H27NO2S. The van der Waals surface area contributed by atoms with E-state index in [1.165, 1.54) is 36.3 Å². The van der Waals surface area contributed by atoms with E-state index in [1.807, 2.05) is 13.2 Å². The summed E-state index contributed by atoms with van der Waals surface area (Å²) in [6.07, 6.45) is 6.71. The molecule has 2 unspecified atom stereocenters. The molecule has 2 aliphatic heterocycles. The lowest BCUT2D eigenvalue weighted by Gasteiger charge is -2.45. The van der Waals surface area contributed by atoms with E-state index >= 15 is 0 Å². The molecule has 1 aromatic heterocycles. The van der Waals surface area contributed by atoms with Gasteiger partial charge in [0.1, 0.15) is 5.76 Å².